The molecular formula is C14H24N4O. The molecule has 1 amide bonds. The van der Waals surface area contributed by atoms with Gasteiger partial charge >= 0.3 is 0 Å². The van der Waals surface area contributed by atoms with Crippen molar-refractivity contribution >= 4 is 5.91 Å². The number of hydrogen-bond acceptors (Lipinski definition) is 3. The van der Waals surface area contributed by atoms with Crippen molar-refractivity contribution in [2.45, 2.75) is 52.6 Å². The summed E-state index contributed by atoms with van der Waals surface area (Å²) in [5.41, 5.74) is 8.44. The van der Waals surface area contributed by atoms with E-state index in [4.69, 9.17) is 5.73 Å². The summed E-state index contributed by atoms with van der Waals surface area (Å²) in [6.07, 6.45) is 3.41. The molecule has 1 aromatic heterocycles. The number of nitrogens with one attached hydrogen (secondary N) is 1. The molecule has 1 aliphatic carbocycles. The summed E-state index contributed by atoms with van der Waals surface area (Å²) in [7, 11) is 0. The van der Waals surface area contributed by atoms with Gasteiger partial charge in [-0.15, -0.1) is 0 Å². The molecule has 0 aromatic carbocycles. The number of aryl methyl sites for hydroxylation is 2. The van der Waals surface area contributed by atoms with Gasteiger partial charge in [0.2, 0.25) is 0 Å². The quantitative estimate of drug-likeness (QED) is 0.815. The Labute approximate surface area is 114 Å². The fraction of sp³-hybridized carbons (Fsp3) is 0.714. The number of carbonyl (C=O) groups is 1. The lowest BCUT2D eigenvalue weighted by molar-refractivity contribution is 0.0949. The largest absolute Gasteiger partial charge is 0.350 e. The molecule has 2 rings (SSSR count). The second-order valence-corrected chi connectivity index (χ2v) is 5.48. The molecule has 1 fully saturated rings. The van der Waals surface area contributed by atoms with Crippen LogP contribution in [0.5, 0.6) is 0 Å². The van der Waals surface area contributed by atoms with E-state index in [1.807, 2.05) is 18.5 Å². The van der Waals surface area contributed by atoms with Crippen LogP contribution in [0.3, 0.4) is 0 Å². The molecule has 0 saturated heterocycles. The highest BCUT2D eigenvalue weighted by Gasteiger charge is 2.29. The molecule has 5 nitrogen and oxygen atoms in total. The maximum absolute atomic E-state index is 12.2. The van der Waals surface area contributed by atoms with Gasteiger partial charge < -0.3 is 11.1 Å². The highest BCUT2D eigenvalue weighted by atomic mass is 16.1. The molecule has 1 aromatic rings. The zero-order valence-corrected chi connectivity index (χ0v) is 12.1. The third-order valence-corrected chi connectivity index (χ3v) is 3.77. The van der Waals surface area contributed by atoms with E-state index in [1.165, 1.54) is 12.8 Å². The molecule has 0 radical (unpaired) electrons. The van der Waals surface area contributed by atoms with E-state index < -0.39 is 0 Å². The van der Waals surface area contributed by atoms with Crippen molar-refractivity contribution in [2.24, 2.45) is 11.7 Å². The minimum absolute atomic E-state index is 0.0477. The first-order valence-electron chi connectivity index (χ1n) is 7.12. The molecule has 5 heteroatoms. The first kappa shape index (κ1) is 14.1. The third-order valence-electron chi connectivity index (χ3n) is 3.77. The van der Waals surface area contributed by atoms with Gasteiger partial charge in [0.25, 0.3) is 5.91 Å². The molecule has 19 heavy (non-hydrogen) atoms. The second-order valence-electron chi connectivity index (χ2n) is 5.48. The van der Waals surface area contributed by atoms with Crippen molar-refractivity contribution < 1.29 is 4.79 Å². The van der Waals surface area contributed by atoms with E-state index in [2.05, 4.69) is 17.3 Å². The van der Waals surface area contributed by atoms with Gasteiger partial charge in [0.05, 0.1) is 11.3 Å². The van der Waals surface area contributed by atoms with Crippen LogP contribution in [0.4, 0.5) is 0 Å². The monoisotopic (exact) mass is 264 g/mol. The Hall–Kier alpha value is -1.36. The normalized spacial score (nSPS) is 16.4. The van der Waals surface area contributed by atoms with Crippen molar-refractivity contribution in [3.63, 3.8) is 0 Å². The summed E-state index contributed by atoms with van der Waals surface area (Å²) in [5.74, 6) is 0.554. The van der Waals surface area contributed by atoms with Gasteiger partial charge in [0.1, 0.15) is 0 Å². The topological polar surface area (TPSA) is 72.9 Å². The van der Waals surface area contributed by atoms with Crippen molar-refractivity contribution in [3.05, 3.63) is 17.0 Å². The smallest absolute Gasteiger partial charge is 0.255 e. The second kappa shape index (κ2) is 5.74. The van der Waals surface area contributed by atoms with Crippen molar-refractivity contribution in [1.82, 2.24) is 15.1 Å². The van der Waals surface area contributed by atoms with E-state index >= 15 is 0 Å². The van der Waals surface area contributed by atoms with Gasteiger partial charge in [-0.1, -0.05) is 6.92 Å². The van der Waals surface area contributed by atoms with Crippen LogP contribution in [0.15, 0.2) is 0 Å². The standard InChI is InChI=1S/C14H24N4O/c1-4-7-18-10(3)13(9(2)17-18)14(19)16-8-12(15)11-5-6-11/h11-12H,4-8,15H2,1-3H3,(H,16,19). The zero-order chi connectivity index (χ0) is 14.0. The number of carbonyl (C=O) groups excluding carboxylic acids is 1. The lowest BCUT2D eigenvalue weighted by Gasteiger charge is -2.11. The summed E-state index contributed by atoms with van der Waals surface area (Å²) in [4.78, 5) is 12.2. The van der Waals surface area contributed by atoms with Crippen LogP contribution < -0.4 is 11.1 Å². The first-order chi connectivity index (χ1) is 9.04. The van der Waals surface area contributed by atoms with Crippen LogP contribution in [-0.4, -0.2) is 28.3 Å². The SMILES string of the molecule is CCCn1nc(C)c(C(=O)NCC(N)C2CC2)c1C. The van der Waals surface area contributed by atoms with E-state index in [0.717, 1.165) is 24.4 Å². The fourth-order valence-electron chi connectivity index (χ4n) is 2.45. The predicted molar refractivity (Wildman–Crippen MR) is 75.0 cm³/mol. The molecule has 0 aliphatic heterocycles. The minimum atomic E-state index is -0.0477. The Bertz CT molecular complexity index is 462. The van der Waals surface area contributed by atoms with Crippen molar-refractivity contribution in [3.8, 4) is 0 Å². The van der Waals surface area contributed by atoms with Crippen LogP contribution >= 0.6 is 0 Å². The average molecular weight is 264 g/mol. The van der Waals surface area contributed by atoms with E-state index in [1.54, 1.807) is 0 Å². The van der Waals surface area contributed by atoms with E-state index in [9.17, 15) is 4.79 Å². The van der Waals surface area contributed by atoms with Crippen LogP contribution in [0.25, 0.3) is 0 Å². The van der Waals surface area contributed by atoms with Crippen LogP contribution in [0, 0.1) is 19.8 Å². The first-order valence-corrected chi connectivity index (χ1v) is 7.12. The van der Waals surface area contributed by atoms with Gasteiger partial charge in [-0.05, 0) is 39.0 Å². The van der Waals surface area contributed by atoms with Gasteiger partial charge in [0.15, 0.2) is 0 Å². The summed E-state index contributed by atoms with van der Waals surface area (Å²) in [6.45, 7) is 7.34. The molecule has 3 N–H and O–H groups in total. The Morgan fingerprint density at radius 2 is 2.21 bits per heavy atom. The molecule has 1 atom stereocenters. The van der Waals surface area contributed by atoms with Gasteiger partial charge in [-0.25, -0.2) is 0 Å². The number of nitrogens with zero attached hydrogens (tertiary/aromatic N) is 2. The lowest BCUT2D eigenvalue weighted by atomic mass is 10.1. The average Bonchev–Trinajstić information content (AvgIpc) is 3.16. The molecule has 1 aliphatic rings. The van der Waals surface area contributed by atoms with Gasteiger partial charge in [-0.3, -0.25) is 9.48 Å². The predicted octanol–water partition coefficient (Wildman–Crippen LogP) is 1.38. The molecule has 1 saturated carbocycles. The van der Waals surface area contributed by atoms with Crippen molar-refractivity contribution in [1.29, 1.82) is 0 Å². The molecule has 106 valence electrons. The Kier molecular flexibility index (Phi) is 4.24. The maximum Gasteiger partial charge on any atom is 0.255 e. The summed E-state index contributed by atoms with van der Waals surface area (Å²) in [6, 6.07) is 0.0928. The third kappa shape index (κ3) is 3.15. The minimum Gasteiger partial charge on any atom is -0.350 e. The maximum atomic E-state index is 12.2. The van der Waals surface area contributed by atoms with Crippen LogP contribution in [0.1, 0.15) is 47.9 Å². The van der Waals surface area contributed by atoms with Gasteiger partial charge in [-0.2, -0.15) is 5.10 Å². The lowest BCUT2D eigenvalue weighted by Crippen LogP contribution is -2.38. The highest BCUT2D eigenvalue weighted by molar-refractivity contribution is 5.96. The number of aromatic nitrogens is 2. The molecular weight excluding hydrogens is 240 g/mol. The number of amides is 1. The molecule has 1 heterocycles. The number of rotatable bonds is 6. The number of hydrogen-bond donors (Lipinski definition) is 2. The van der Waals surface area contributed by atoms with Gasteiger partial charge in [0, 0.05) is 24.8 Å². The van der Waals surface area contributed by atoms with Crippen LogP contribution in [-0.2, 0) is 6.54 Å². The van der Waals surface area contributed by atoms with Crippen LogP contribution in [0.2, 0.25) is 0 Å². The Balaban J connectivity index is 2.01. The Morgan fingerprint density at radius 3 is 2.79 bits per heavy atom. The van der Waals surface area contributed by atoms with Crippen molar-refractivity contribution in [2.75, 3.05) is 6.54 Å². The molecule has 1 unspecified atom stereocenters. The van der Waals surface area contributed by atoms with E-state index in [0.29, 0.717) is 18.0 Å². The molecule has 0 spiro atoms. The summed E-state index contributed by atoms with van der Waals surface area (Å²) >= 11 is 0. The number of nitrogens with two attached hydrogens (primary N) is 1. The highest BCUT2D eigenvalue weighted by Crippen LogP contribution is 2.31. The Morgan fingerprint density at radius 1 is 1.53 bits per heavy atom. The molecule has 0 bridgehead atoms. The van der Waals surface area contributed by atoms with E-state index in [-0.39, 0.29) is 11.9 Å². The fourth-order valence-corrected chi connectivity index (χ4v) is 2.45. The zero-order valence-electron chi connectivity index (χ0n) is 12.1. The summed E-state index contributed by atoms with van der Waals surface area (Å²) < 4.78 is 1.91. The summed E-state index contributed by atoms with van der Waals surface area (Å²) in [5, 5.41) is 7.36.